The molecule has 1 saturated heterocycles. The third-order valence-electron chi connectivity index (χ3n) is 3.42. The summed E-state index contributed by atoms with van der Waals surface area (Å²) < 4.78 is 19.0. The van der Waals surface area contributed by atoms with Gasteiger partial charge in [-0.15, -0.1) is 0 Å². The summed E-state index contributed by atoms with van der Waals surface area (Å²) in [5.74, 6) is 1.20. The van der Waals surface area contributed by atoms with Crippen LogP contribution >= 0.6 is 0 Å². The molecular weight excluding hydrogens is 241 g/mol. The van der Waals surface area contributed by atoms with Crippen molar-refractivity contribution < 1.29 is 9.13 Å². The fraction of sp³-hybridized carbons (Fsp3) is 0.625. The minimum absolute atomic E-state index is 0.164. The van der Waals surface area contributed by atoms with Crippen molar-refractivity contribution in [2.45, 2.75) is 40.2 Å². The molecule has 1 aromatic rings. The van der Waals surface area contributed by atoms with Crippen molar-refractivity contribution in [1.82, 2.24) is 4.90 Å². The molecule has 0 saturated carbocycles. The van der Waals surface area contributed by atoms with E-state index in [0.29, 0.717) is 23.8 Å². The summed E-state index contributed by atoms with van der Waals surface area (Å²) in [7, 11) is 1.59. The molecule has 108 valence electrons. The van der Waals surface area contributed by atoms with E-state index in [4.69, 9.17) is 4.74 Å². The highest BCUT2D eigenvalue weighted by Gasteiger charge is 2.19. The summed E-state index contributed by atoms with van der Waals surface area (Å²) in [5, 5.41) is 0. The summed E-state index contributed by atoms with van der Waals surface area (Å²) in [4.78, 5) is 2.31. The summed E-state index contributed by atoms with van der Waals surface area (Å²) in [5.41, 5.74) is 0.684. The molecule has 1 heterocycles. The first-order chi connectivity index (χ1) is 9.20. The van der Waals surface area contributed by atoms with Gasteiger partial charge in [0.25, 0.3) is 0 Å². The van der Waals surface area contributed by atoms with Gasteiger partial charge in [0.05, 0.1) is 7.11 Å². The van der Waals surface area contributed by atoms with Crippen molar-refractivity contribution in [1.29, 1.82) is 0 Å². The van der Waals surface area contributed by atoms with Crippen LogP contribution in [0.25, 0.3) is 0 Å². The summed E-state index contributed by atoms with van der Waals surface area (Å²) >= 11 is 0. The minimum atomic E-state index is -0.164. The Morgan fingerprint density at radius 2 is 2.11 bits per heavy atom. The lowest BCUT2D eigenvalue weighted by atomic mass is 9.99. The monoisotopic (exact) mass is 267 g/mol. The number of rotatable bonds is 3. The first kappa shape index (κ1) is 16.0. The first-order valence-electron chi connectivity index (χ1n) is 7.24. The SMILES string of the molecule is CC.COc1cccc(F)c1CN1CCC[C@@H](C)C1. The molecule has 1 aliphatic heterocycles. The van der Waals surface area contributed by atoms with Crippen molar-refractivity contribution >= 4 is 0 Å². The molecule has 0 amide bonds. The highest BCUT2D eigenvalue weighted by Crippen LogP contribution is 2.25. The average molecular weight is 267 g/mol. The Morgan fingerprint density at radius 1 is 1.37 bits per heavy atom. The molecule has 2 rings (SSSR count). The van der Waals surface area contributed by atoms with Gasteiger partial charge in [0, 0.05) is 18.7 Å². The number of benzene rings is 1. The molecule has 1 atom stereocenters. The van der Waals surface area contributed by atoms with Gasteiger partial charge in [-0.05, 0) is 37.4 Å². The summed E-state index contributed by atoms with van der Waals surface area (Å²) in [6.07, 6.45) is 2.49. The molecule has 0 bridgehead atoms. The van der Waals surface area contributed by atoms with Crippen molar-refractivity contribution in [3.05, 3.63) is 29.6 Å². The Labute approximate surface area is 116 Å². The molecule has 3 heteroatoms. The van der Waals surface area contributed by atoms with Crippen LogP contribution < -0.4 is 4.74 Å². The van der Waals surface area contributed by atoms with Crippen LogP contribution in [0.3, 0.4) is 0 Å². The maximum absolute atomic E-state index is 13.8. The number of nitrogens with zero attached hydrogens (tertiary/aromatic N) is 1. The molecule has 0 unspecified atom stereocenters. The fourth-order valence-electron chi connectivity index (χ4n) is 2.54. The maximum atomic E-state index is 13.8. The Hall–Kier alpha value is -1.09. The van der Waals surface area contributed by atoms with Crippen molar-refractivity contribution in [3.63, 3.8) is 0 Å². The number of hydrogen-bond donors (Lipinski definition) is 0. The molecule has 2 nitrogen and oxygen atoms in total. The van der Waals surface area contributed by atoms with E-state index in [1.807, 2.05) is 19.9 Å². The van der Waals surface area contributed by atoms with Gasteiger partial charge in [0.2, 0.25) is 0 Å². The largest absolute Gasteiger partial charge is 0.496 e. The fourth-order valence-corrected chi connectivity index (χ4v) is 2.54. The number of methoxy groups -OCH3 is 1. The van der Waals surface area contributed by atoms with Gasteiger partial charge in [0.1, 0.15) is 11.6 Å². The molecule has 0 N–H and O–H groups in total. The van der Waals surface area contributed by atoms with E-state index in [1.54, 1.807) is 13.2 Å². The number of ether oxygens (including phenoxy) is 1. The van der Waals surface area contributed by atoms with Gasteiger partial charge in [-0.2, -0.15) is 0 Å². The van der Waals surface area contributed by atoms with Gasteiger partial charge in [-0.1, -0.05) is 26.8 Å². The van der Waals surface area contributed by atoms with E-state index >= 15 is 0 Å². The zero-order valence-electron chi connectivity index (χ0n) is 12.6. The van der Waals surface area contributed by atoms with Crippen LogP contribution in [0.15, 0.2) is 18.2 Å². The Kier molecular flexibility index (Phi) is 6.85. The maximum Gasteiger partial charge on any atom is 0.131 e. The van der Waals surface area contributed by atoms with Crippen LogP contribution in [0.5, 0.6) is 5.75 Å². The summed E-state index contributed by atoms with van der Waals surface area (Å²) in [6.45, 7) is 9.02. The van der Waals surface area contributed by atoms with Crippen molar-refractivity contribution in [2.75, 3.05) is 20.2 Å². The Morgan fingerprint density at radius 3 is 2.74 bits per heavy atom. The second-order valence-electron chi connectivity index (χ2n) is 4.90. The van der Waals surface area contributed by atoms with Crippen LogP contribution in [0.1, 0.15) is 39.2 Å². The molecule has 0 radical (unpaired) electrons. The second kappa shape index (κ2) is 8.16. The molecule has 1 aliphatic rings. The highest BCUT2D eigenvalue weighted by atomic mass is 19.1. The molecular formula is C16H26FNO. The van der Waals surface area contributed by atoms with E-state index in [1.165, 1.54) is 18.9 Å². The molecule has 1 fully saturated rings. The lowest BCUT2D eigenvalue weighted by Crippen LogP contribution is -2.34. The van der Waals surface area contributed by atoms with E-state index in [-0.39, 0.29) is 5.82 Å². The molecule has 0 aliphatic carbocycles. The predicted molar refractivity (Wildman–Crippen MR) is 78.0 cm³/mol. The molecule has 0 spiro atoms. The zero-order valence-corrected chi connectivity index (χ0v) is 12.6. The van der Waals surface area contributed by atoms with Gasteiger partial charge < -0.3 is 4.74 Å². The normalized spacial score (nSPS) is 19.5. The highest BCUT2D eigenvalue weighted by molar-refractivity contribution is 5.34. The van der Waals surface area contributed by atoms with Crippen LogP contribution in [-0.4, -0.2) is 25.1 Å². The van der Waals surface area contributed by atoms with Crippen LogP contribution in [0, 0.1) is 11.7 Å². The topological polar surface area (TPSA) is 12.5 Å². The molecule has 19 heavy (non-hydrogen) atoms. The summed E-state index contributed by atoms with van der Waals surface area (Å²) in [6, 6.07) is 5.02. The standard InChI is InChI=1S/C14H20FNO.C2H6/c1-11-5-4-8-16(9-11)10-12-13(15)6-3-7-14(12)17-2;1-2/h3,6-7,11H,4-5,8-10H2,1-2H3;1-2H3/t11-;/m1./s1. The number of hydrogen-bond acceptors (Lipinski definition) is 2. The first-order valence-corrected chi connectivity index (χ1v) is 7.24. The lowest BCUT2D eigenvalue weighted by Gasteiger charge is -2.31. The van der Waals surface area contributed by atoms with E-state index < -0.39 is 0 Å². The van der Waals surface area contributed by atoms with Gasteiger partial charge in [0.15, 0.2) is 0 Å². The van der Waals surface area contributed by atoms with Crippen LogP contribution in [0.2, 0.25) is 0 Å². The van der Waals surface area contributed by atoms with E-state index in [9.17, 15) is 4.39 Å². The molecule has 1 aromatic carbocycles. The van der Waals surface area contributed by atoms with Gasteiger partial charge in [-0.3, -0.25) is 4.90 Å². The number of piperidine rings is 1. The van der Waals surface area contributed by atoms with Crippen LogP contribution in [0.4, 0.5) is 4.39 Å². The van der Waals surface area contributed by atoms with Crippen LogP contribution in [-0.2, 0) is 6.54 Å². The van der Waals surface area contributed by atoms with E-state index in [0.717, 1.165) is 13.1 Å². The Balaban J connectivity index is 0.000000861. The minimum Gasteiger partial charge on any atom is -0.496 e. The van der Waals surface area contributed by atoms with E-state index in [2.05, 4.69) is 11.8 Å². The predicted octanol–water partition coefficient (Wildman–Crippen LogP) is 4.09. The van der Waals surface area contributed by atoms with Gasteiger partial charge >= 0.3 is 0 Å². The molecule has 0 aromatic heterocycles. The van der Waals surface area contributed by atoms with Crippen molar-refractivity contribution in [3.8, 4) is 5.75 Å². The average Bonchev–Trinajstić information content (AvgIpc) is 2.43. The number of halogens is 1. The third kappa shape index (κ3) is 4.50. The Bertz CT molecular complexity index is 381. The quantitative estimate of drug-likeness (QED) is 0.817. The van der Waals surface area contributed by atoms with Crippen molar-refractivity contribution in [2.24, 2.45) is 5.92 Å². The second-order valence-corrected chi connectivity index (χ2v) is 4.90. The third-order valence-corrected chi connectivity index (χ3v) is 3.42. The van der Waals surface area contributed by atoms with Gasteiger partial charge in [-0.25, -0.2) is 4.39 Å². The lowest BCUT2D eigenvalue weighted by molar-refractivity contribution is 0.173. The smallest absolute Gasteiger partial charge is 0.131 e. The zero-order chi connectivity index (χ0) is 14.3. The number of likely N-dealkylation sites (tertiary alicyclic amines) is 1.